The molecule has 1 aromatic rings. The van der Waals surface area contributed by atoms with E-state index in [0.717, 1.165) is 12.0 Å². The number of hydrogen-bond acceptors (Lipinski definition) is 0. The maximum atomic E-state index is 3.72. The molecule has 0 unspecified atom stereocenters. The zero-order valence-electron chi connectivity index (χ0n) is 10.6. The molecule has 0 heterocycles. The van der Waals surface area contributed by atoms with Crippen LogP contribution >= 0.6 is 0 Å². The number of allylic oxidation sites excluding steroid dienone is 4. The SMILES string of the molecule is C1=CCC=C1.[CH2-]c1ccccc1.[H-].[H-].[H-].[Zr+4]. The summed E-state index contributed by atoms with van der Waals surface area (Å²) >= 11 is 0. The van der Waals surface area contributed by atoms with Gasteiger partial charge in [-0.1, -0.05) is 30.4 Å². The van der Waals surface area contributed by atoms with Crippen LogP contribution in [0, 0.1) is 6.92 Å². The second-order valence-corrected chi connectivity index (χ2v) is 2.58. The molecule has 13 heavy (non-hydrogen) atoms. The fraction of sp³-hybridized carbons (Fsp3) is 0.0833. The van der Waals surface area contributed by atoms with Crippen LogP contribution in [-0.2, 0) is 26.2 Å². The Labute approximate surface area is 104 Å². The van der Waals surface area contributed by atoms with Crippen LogP contribution in [0.2, 0.25) is 0 Å². The van der Waals surface area contributed by atoms with E-state index in [1.165, 1.54) is 0 Å². The average Bonchev–Trinajstić information content (AvgIpc) is 2.62. The Morgan fingerprint density at radius 1 is 1.00 bits per heavy atom. The van der Waals surface area contributed by atoms with Crippen molar-refractivity contribution < 1.29 is 30.5 Å². The van der Waals surface area contributed by atoms with E-state index < -0.39 is 0 Å². The molecule has 0 saturated carbocycles. The topological polar surface area (TPSA) is 0 Å². The summed E-state index contributed by atoms with van der Waals surface area (Å²) in [7, 11) is 0. The van der Waals surface area contributed by atoms with Crippen LogP contribution in [-0.4, -0.2) is 0 Å². The van der Waals surface area contributed by atoms with E-state index in [9.17, 15) is 0 Å². The van der Waals surface area contributed by atoms with Gasteiger partial charge in [-0.2, -0.15) is 24.6 Å². The van der Waals surface area contributed by atoms with Crippen molar-refractivity contribution in [1.82, 2.24) is 0 Å². The Morgan fingerprint density at radius 2 is 1.54 bits per heavy atom. The standard InChI is InChI=1S/C7H7.C5H6.Zr.3H/c1-7-5-3-2-4-6-7;1-2-4-5-3-1;;;;/h2-6H,1H2;1-4H,5H2;;;;/q-1;;+4;3*-1. The third-order valence-corrected chi connectivity index (χ3v) is 1.50. The Morgan fingerprint density at radius 3 is 1.77 bits per heavy atom. The smallest absolute Gasteiger partial charge is 1.00 e. The first kappa shape index (κ1) is 12.5. The van der Waals surface area contributed by atoms with E-state index in [1.807, 2.05) is 30.3 Å². The summed E-state index contributed by atoms with van der Waals surface area (Å²) < 4.78 is 0. The largest absolute Gasteiger partial charge is 4.00 e. The van der Waals surface area contributed by atoms with Crippen LogP contribution in [0.15, 0.2) is 54.6 Å². The summed E-state index contributed by atoms with van der Waals surface area (Å²) in [6.07, 6.45) is 9.50. The van der Waals surface area contributed by atoms with Gasteiger partial charge in [-0.25, -0.2) is 0 Å². The Hall–Kier alpha value is -0.547. The third-order valence-electron chi connectivity index (χ3n) is 1.50. The zero-order valence-corrected chi connectivity index (χ0v) is 10.1. The maximum absolute atomic E-state index is 3.72. The number of hydrogen-bond donors (Lipinski definition) is 0. The normalized spacial score (nSPS) is 11.4. The molecule has 1 aliphatic carbocycles. The molecule has 0 N–H and O–H groups in total. The minimum atomic E-state index is 0. The minimum absolute atomic E-state index is 0. The Bertz CT molecular complexity index is 261. The second-order valence-electron chi connectivity index (χ2n) is 2.58. The summed E-state index contributed by atoms with van der Waals surface area (Å²) in [5.41, 5.74) is 1.07. The van der Waals surface area contributed by atoms with E-state index in [-0.39, 0.29) is 30.5 Å². The summed E-state index contributed by atoms with van der Waals surface area (Å²) in [6.45, 7) is 3.72. The monoisotopic (exact) mass is 250 g/mol. The molecule has 0 amide bonds. The first-order chi connectivity index (χ1) is 5.89. The number of benzene rings is 1. The van der Waals surface area contributed by atoms with Crippen molar-refractivity contribution >= 4 is 0 Å². The fourth-order valence-electron chi connectivity index (χ4n) is 0.871. The molecule has 0 atom stereocenters. The second kappa shape index (κ2) is 8.07. The molecular weight excluding hydrogens is 235 g/mol. The van der Waals surface area contributed by atoms with Gasteiger partial charge in [0.05, 0.1) is 0 Å². The molecule has 2 rings (SSSR count). The van der Waals surface area contributed by atoms with Gasteiger partial charge in [-0.15, -0.1) is 12.1 Å². The van der Waals surface area contributed by atoms with Gasteiger partial charge >= 0.3 is 26.2 Å². The molecule has 1 heteroatoms. The molecule has 0 radical (unpaired) electrons. The molecule has 1 aliphatic rings. The summed E-state index contributed by atoms with van der Waals surface area (Å²) in [5, 5.41) is 0. The number of rotatable bonds is 0. The van der Waals surface area contributed by atoms with Crippen molar-refractivity contribution in [1.29, 1.82) is 0 Å². The van der Waals surface area contributed by atoms with Crippen LogP contribution in [0.1, 0.15) is 16.3 Å². The Balaban J connectivity index is -0.0000000739. The van der Waals surface area contributed by atoms with Crippen LogP contribution in [0.25, 0.3) is 0 Å². The molecule has 0 fully saturated rings. The van der Waals surface area contributed by atoms with E-state index in [2.05, 4.69) is 31.2 Å². The minimum Gasteiger partial charge on any atom is -1.00 e. The van der Waals surface area contributed by atoms with E-state index in [0.29, 0.717) is 0 Å². The maximum Gasteiger partial charge on any atom is 4.00 e. The summed E-state index contributed by atoms with van der Waals surface area (Å²) in [4.78, 5) is 0. The molecule has 1 aromatic carbocycles. The molecule has 0 bridgehead atoms. The third kappa shape index (κ3) is 6.60. The van der Waals surface area contributed by atoms with Gasteiger partial charge in [0.25, 0.3) is 0 Å². The molecule has 0 nitrogen and oxygen atoms in total. The van der Waals surface area contributed by atoms with Crippen LogP contribution in [0.4, 0.5) is 0 Å². The van der Waals surface area contributed by atoms with Crippen LogP contribution in [0.3, 0.4) is 0 Å². The van der Waals surface area contributed by atoms with Gasteiger partial charge in [0.15, 0.2) is 0 Å². The van der Waals surface area contributed by atoms with Gasteiger partial charge in [0.2, 0.25) is 0 Å². The van der Waals surface area contributed by atoms with E-state index in [1.54, 1.807) is 0 Å². The van der Waals surface area contributed by atoms with Crippen molar-refractivity contribution in [3.63, 3.8) is 0 Å². The van der Waals surface area contributed by atoms with Gasteiger partial charge in [-0.3, -0.25) is 0 Å². The van der Waals surface area contributed by atoms with E-state index in [4.69, 9.17) is 0 Å². The van der Waals surface area contributed by atoms with Crippen LogP contribution in [0.5, 0.6) is 0 Å². The quantitative estimate of drug-likeness (QED) is 0.617. The van der Waals surface area contributed by atoms with Crippen molar-refractivity contribution in [2.24, 2.45) is 0 Å². The molecule has 0 saturated heterocycles. The molecule has 0 aromatic heterocycles. The molecule has 0 aliphatic heterocycles. The van der Waals surface area contributed by atoms with Crippen molar-refractivity contribution in [3.05, 3.63) is 67.1 Å². The van der Waals surface area contributed by atoms with Gasteiger partial charge in [0, 0.05) is 0 Å². The predicted molar refractivity (Wildman–Crippen MR) is 57.1 cm³/mol. The molecule has 0 spiro atoms. The first-order valence-electron chi connectivity index (χ1n) is 4.08. The van der Waals surface area contributed by atoms with Crippen molar-refractivity contribution in [2.75, 3.05) is 0 Å². The summed E-state index contributed by atoms with van der Waals surface area (Å²) in [5.74, 6) is 0. The van der Waals surface area contributed by atoms with Crippen molar-refractivity contribution in [2.45, 2.75) is 6.42 Å². The molecule has 68 valence electrons. The van der Waals surface area contributed by atoms with Crippen molar-refractivity contribution in [3.8, 4) is 0 Å². The first-order valence-corrected chi connectivity index (χ1v) is 4.08. The van der Waals surface area contributed by atoms with E-state index >= 15 is 0 Å². The van der Waals surface area contributed by atoms with Crippen LogP contribution < -0.4 is 0 Å². The predicted octanol–water partition coefficient (Wildman–Crippen LogP) is 3.71. The van der Waals surface area contributed by atoms with Gasteiger partial charge in [0.1, 0.15) is 0 Å². The van der Waals surface area contributed by atoms with Gasteiger partial charge < -0.3 is 4.28 Å². The average molecular weight is 251 g/mol. The summed E-state index contributed by atoms with van der Waals surface area (Å²) in [6, 6.07) is 9.87. The zero-order chi connectivity index (χ0) is 8.65. The molecular formula is C12H16Zr. The Kier molecular flexibility index (Phi) is 7.73. The fourth-order valence-corrected chi connectivity index (χ4v) is 0.871. The van der Waals surface area contributed by atoms with Gasteiger partial charge in [-0.05, 0) is 6.42 Å².